The highest BCUT2D eigenvalue weighted by Gasteiger charge is 1.97. The number of benzene rings is 1. The molecular weight excluding hydrogens is 232 g/mol. The fraction of sp³-hybridized carbons (Fsp3) is 0.357. The number of aromatic nitrogens is 1. The third-order valence-electron chi connectivity index (χ3n) is 2.70. The van der Waals surface area contributed by atoms with E-state index in [1.807, 2.05) is 18.2 Å². The van der Waals surface area contributed by atoms with Crippen molar-refractivity contribution >= 4 is 22.5 Å². The predicted octanol–water partition coefficient (Wildman–Crippen LogP) is 3.34. The van der Waals surface area contributed by atoms with E-state index in [1.54, 1.807) is 0 Å². The van der Waals surface area contributed by atoms with Crippen LogP contribution in [-0.4, -0.2) is 17.4 Å². The molecule has 0 aliphatic carbocycles. The maximum absolute atomic E-state index is 5.62. The Morgan fingerprint density at radius 3 is 2.82 bits per heavy atom. The Morgan fingerprint density at radius 2 is 1.94 bits per heavy atom. The van der Waals surface area contributed by atoms with Crippen LogP contribution in [-0.2, 0) is 6.54 Å². The number of nitrogens with zero attached hydrogens (tertiary/aromatic N) is 1. The first-order valence-electron chi connectivity index (χ1n) is 6.01. The van der Waals surface area contributed by atoms with E-state index >= 15 is 0 Å². The third-order valence-corrected chi connectivity index (χ3v) is 2.97. The lowest BCUT2D eigenvalue weighted by Crippen LogP contribution is -2.15. The monoisotopic (exact) mass is 248 g/mol. The van der Waals surface area contributed by atoms with E-state index in [9.17, 15) is 0 Å². The highest BCUT2D eigenvalue weighted by molar-refractivity contribution is 6.17. The molecule has 2 nitrogen and oxygen atoms in total. The molecule has 1 aromatic heterocycles. The molecule has 0 spiro atoms. The van der Waals surface area contributed by atoms with Crippen LogP contribution in [0.4, 0.5) is 0 Å². The molecule has 0 saturated heterocycles. The van der Waals surface area contributed by atoms with Crippen LogP contribution >= 0.6 is 11.6 Å². The molecule has 1 aromatic carbocycles. The van der Waals surface area contributed by atoms with E-state index in [-0.39, 0.29) is 0 Å². The Kier molecular flexibility index (Phi) is 4.77. The van der Waals surface area contributed by atoms with Crippen molar-refractivity contribution in [1.82, 2.24) is 10.3 Å². The van der Waals surface area contributed by atoms with Crippen molar-refractivity contribution in [1.29, 1.82) is 0 Å². The first-order chi connectivity index (χ1) is 8.40. The van der Waals surface area contributed by atoms with Crippen molar-refractivity contribution < 1.29 is 0 Å². The molecule has 0 atom stereocenters. The maximum Gasteiger partial charge on any atom is 0.0705 e. The van der Waals surface area contributed by atoms with E-state index < -0.39 is 0 Å². The van der Waals surface area contributed by atoms with Crippen molar-refractivity contribution in [3.05, 3.63) is 42.1 Å². The zero-order chi connectivity index (χ0) is 11.9. The summed E-state index contributed by atoms with van der Waals surface area (Å²) < 4.78 is 0. The number of rotatable bonds is 6. The normalized spacial score (nSPS) is 10.9. The van der Waals surface area contributed by atoms with Crippen LogP contribution in [0, 0.1) is 0 Å². The van der Waals surface area contributed by atoms with Crippen LogP contribution < -0.4 is 5.32 Å². The number of hydrogen-bond donors (Lipinski definition) is 1. The quantitative estimate of drug-likeness (QED) is 0.627. The number of halogens is 1. The van der Waals surface area contributed by atoms with Crippen LogP contribution in [0.15, 0.2) is 36.4 Å². The predicted molar refractivity (Wildman–Crippen MR) is 73.4 cm³/mol. The molecule has 0 aliphatic rings. The maximum atomic E-state index is 5.62. The Hall–Kier alpha value is -1.12. The van der Waals surface area contributed by atoms with Gasteiger partial charge in [0.05, 0.1) is 11.2 Å². The number of nitrogens with one attached hydrogen (secondary N) is 1. The Morgan fingerprint density at radius 1 is 1.06 bits per heavy atom. The first kappa shape index (κ1) is 12.3. The summed E-state index contributed by atoms with van der Waals surface area (Å²) in [6.45, 7) is 1.83. The number of pyridine rings is 1. The van der Waals surface area contributed by atoms with Gasteiger partial charge in [0.1, 0.15) is 0 Å². The van der Waals surface area contributed by atoms with Crippen LogP contribution in [0.5, 0.6) is 0 Å². The second-order valence-corrected chi connectivity index (χ2v) is 4.45. The molecule has 0 radical (unpaired) electrons. The van der Waals surface area contributed by atoms with Gasteiger partial charge in [0.2, 0.25) is 0 Å². The second-order valence-electron chi connectivity index (χ2n) is 4.07. The standard InChI is InChI=1S/C14H17ClN2/c15-9-3-4-10-16-11-13-8-7-12-5-1-2-6-14(12)17-13/h1-2,5-8,16H,3-4,9-11H2. The number of para-hydroxylation sites is 1. The Balaban J connectivity index is 1.90. The van der Waals surface area contributed by atoms with Gasteiger partial charge in [0, 0.05) is 17.8 Å². The average molecular weight is 249 g/mol. The highest BCUT2D eigenvalue weighted by atomic mass is 35.5. The molecule has 2 aromatic rings. The number of hydrogen-bond acceptors (Lipinski definition) is 2. The summed E-state index contributed by atoms with van der Waals surface area (Å²) in [4.78, 5) is 4.60. The molecule has 17 heavy (non-hydrogen) atoms. The molecule has 1 heterocycles. The van der Waals surface area contributed by atoms with E-state index in [0.29, 0.717) is 0 Å². The van der Waals surface area contributed by atoms with Gasteiger partial charge in [-0.1, -0.05) is 24.3 Å². The van der Waals surface area contributed by atoms with Gasteiger partial charge in [-0.15, -0.1) is 11.6 Å². The second kappa shape index (κ2) is 6.58. The molecule has 90 valence electrons. The molecule has 2 rings (SSSR count). The van der Waals surface area contributed by atoms with Gasteiger partial charge in [-0.2, -0.15) is 0 Å². The highest BCUT2D eigenvalue weighted by Crippen LogP contribution is 2.11. The average Bonchev–Trinajstić information content (AvgIpc) is 2.38. The van der Waals surface area contributed by atoms with Crippen molar-refractivity contribution in [3.63, 3.8) is 0 Å². The molecule has 0 bridgehead atoms. The first-order valence-corrected chi connectivity index (χ1v) is 6.55. The van der Waals surface area contributed by atoms with Crippen LogP contribution in [0.25, 0.3) is 10.9 Å². The summed E-state index contributed by atoms with van der Waals surface area (Å²) in [6, 6.07) is 12.4. The Labute approximate surface area is 107 Å². The molecule has 0 amide bonds. The van der Waals surface area contributed by atoms with Crippen LogP contribution in [0.2, 0.25) is 0 Å². The van der Waals surface area contributed by atoms with Gasteiger partial charge in [0.25, 0.3) is 0 Å². The summed E-state index contributed by atoms with van der Waals surface area (Å²) in [5, 5.41) is 4.57. The minimum Gasteiger partial charge on any atom is -0.311 e. The largest absolute Gasteiger partial charge is 0.311 e. The van der Waals surface area contributed by atoms with Crippen LogP contribution in [0.3, 0.4) is 0 Å². The Bertz CT molecular complexity index is 470. The fourth-order valence-electron chi connectivity index (χ4n) is 1.77. The van der Waals surface area contributed by atoms with Gasteiger partial charge in [-0.25, -0.2) is 0 Å². The smallest absolute Gasteiger partial charge is 0.0705 e. The van der Waals surface area contributed by atoms with Crippen LogP contribution in [0.1, 0.15) is 18.5 Å². The van der Waals surface area contributed by atoms with E-state index in [4.69, 9.17) is 11.6 Å². The number of unbranched alkanes of at least 4 members (excludes halogenated alkanes) is 1. The summed E-state index contributed by atoms with van der Waals surface area (Å²) >= 11 is 5.62. The summed E-state index contributed by atoms with van der Waals surface area (Å²) in [7, 11) is 0. The van der Waals surface area contributed by atoms with E-state index in [0.717, 1.165) is 43.0 Å². The van der Waals surface area contributed by atoms with Gasteiger partial charge in [0.15, 0.2) is 0 Å². The van der Waals surface area contributed by atoms with E-state index in [1.165, 1.54) is 5.39 Å². The molecule has 0 saturated carbocycles. The van der Waals surface area contributed by atoms with Gasteiger partial charge < -0.3 is 5.32 Å². The van der Waals surface area contributed by atoms with Gasteiger partial charge >= 0.3 is 0 Å². The van der Waals surface area contributed by atoms with Crippen molar-refractivity contribution in [2.45, 2.75) is 19.4 Å². The zero-order valence-electron chi connectivity index (χ0n) is 9.82. The minimum atomic E-state index is 0.746. The molecule has 3 heteroatoms. The summed E-state index contributed by atoms with van der Waals surface area (Å²) in [5.74, 6) is 0.746. The SMILES string of the molecule is ClCCCCNCc1ccc2ccccc2n1. The molecule has 0 aliphatic heterocycles. The fourth-order valence-corrected chi connectivity index (χ4v) is 1.96. The lowest BCUT2D eigenvalue weighted by atomic mass is 10.2. The van der Waals surface area contributed by atoms with E-state index in [2.05, 4.69) is 28.5 Å². The molecule has 0 fully saturated rings. The lowest BCUT2D eigenvalue weighted by Gasteiger charge is -2.05. The van der Waals surface area contributed by atoms with Crippen molar-refractivity contribution in [2.75, 3.05) is 12.4 Å². The number of fused-ring (bicyclic) bond motifs is 1. The topological polar surface area (TPSA) is 24.9 Å². The molecular formula is C14H17ClN2. The van der Waals surface area contributed by atoms with Crippen molar-refractivity contribution in [3.8, 4) is 0 Å². The van der Waals surface area contributed by atoms with Gasteiger partial charge in [-0.05, 0) is 31.5 Å². The molecule has 0 unspecified atom stereocenters. The summed E-state index contributed by atoms with van der Waals surface area (Å²) in [6.07, 6.45) is 2.19. The minimum absolute atomic E-state index is 0.746. The molecule has 1 N–H and O–H groups in total. The zero-order valence-corrected chi connectivity index (χ0v) is 10.6. The number of alkyl halides is 1. The van der Waals surface area contributed by atoms with Crippen molar-refractivity contribution in [2.24, 2.45) is 0 Å². The third kappa shape index (κ3) is 3.69. The lowest BCUT2D eigenvalue weighted by molar-refractivity contribution is 0.636. The summed E-state index contributed by atoms with van der Waals surface area (Å²) in [5.41, 5.74) is 2.15. The van der Waals surface area contributed by atoms with Gasteiger partial charge in [-0.3, -0.25) is 4.98 Å².